The maximum absolute atomic E-state index is 12.9. The van der Waals surface area contributed by atoms with E-state index >= 15 is 0 Å². The molecule has 0 spiro atoms. The van der Waals surface area contributed by atoms with Gasteiger partial charge in [-0.15, -0.1) is 5.23 Å². The molecule has 3 aromatic rings. The molecule has 0 bridgehead atoms. The number of pyridine rings is 1. The number of nitrogen functional groups attached to an aromatic ring is 1. The Labute approximate surface area is 145 Å². The van der Waals surface area contributed by atoms with Gasteiger partial charge in [-0.05, 0) is 29.8 Å². The van der Waals surface area contributed by atoms with Crippen molar-refractivity contribution in [2.75, 3.05) is 11.0 Å². The van der Waals surface area contributed by atoms with Gasteiger partial charge >= 0.3 is 0 Å². The number of carbonyl (C=O) groups excluding carboxylic acids is 1. The van der Waals surface area contributed by atoms with Crippen LogP contribution in [0.1, 0.15) is 15.9 Å². The van der Waals surface area contributed by atoms with Gasteiger partial charge in [0.25, 0.3) is 5.56 Å². The SMILES string of the molecule is N#Cc1c(N)n(-c2cccc(C(=O)[O-])c2)c(=O)c2cc(N(O)O)ccc12. The molecule has 0 saturated heterocycles. The van der Waals surface area contributed by atoms with Crippen LogP contribution in [0.25, 0.3) is 16.5 Å². The molecule has 0 aliphatic heterocycles. The van der Waals surface area contributed by atoms with E-state index in [2.05, 4.69) is 0 Å². The van der Waals surface area contributed by atoms with Gasteiger partial charge in [0.1, 0.15) is 17.5 Å². The van der Waals surface area contributed by atoms with Gasteiger partial charge in [-0.3, -0.25) is 19.8 Å². The number of fused-ring (bicyclic) bond motifs is 1. The fourth-order valence-corrected chi connectivity index (χ4v) is 2.68. The first kappa shape index (κ1) is 17.0. The van der Waals surface area contributed by atoms with Crippen LogP contribution in [0.4, 0.5) is 11.5 Å². The van der Waals surface area contributed by atoms with Gasteiger partial charge in [-0.1, -0.05) is 18.2 Å². The van der Waals surface area contributed by atoms with Gasteiger partial charge in [0, 0.05) is 5.39 Å². The third kappa shape index (κ3) is 2.61. The molecule has 2 aromatic carbocycles. The lowest BCUT2D eigenvalue weighted by molar-refractivity contribution is -0.255. The number of nitriles is 1. The smallest absolute Gasteiger partial charge is 0.264 e. The molecule has 0 fully saturated rings. The van der Waals surface area contributed by atoms with E-state index in [-0.39, 0.29) is 44.3 Å². The van der Waals surface area contributed by atoms with Crippen LogP contribution in [0.15, 0.2) is 47.3 Å². The van der Waals surface area contributed by atoms with Crippen molar-refractivity contribution < 1.29 is 20.3 Å². The summed E-state index contributed by atoms with van der Waals surface area (Å²) in [5.41, 5.74) is 5.18. The number of anilines is 2. The molecule has 0 atom stereocenters. The Morgan fingerprint density at radius 2 is 1.92 bits per heavy atom. The third-order valence-electron chi connectivity index (χ3n) is 3.89. The molecule has 130 valence electrons. The lowest BCUT2D eigenvalue weighted by Gasteiger charge is -2.16. The maximum atomic E-state index is 12.9. The number of benzene rings is 2. The van der Waals surface area contributed by atoms with E-state index in [1.807, 2.05) is 6.07 Å². The van der Waals surface area contributed by atoms with Crippen molar-refractivity contribution in [2.24, 2.45) is 0 Å². The Hall–Kier alpha value is -3.87. The summed E-state index contributed by atoms with van der Waals surface area (Å²) in [5.74, 6) is -1.60. The molecular weight excluding hydrogens is 340 g/mol. The van der Waals surface area contributed by atoms with Crippen LogP contribution in [0.2, 0.25) is 0 Å². The number of carboxylic acid groups (broad SMARTS) is 1. The van der Waals surface area contributed by atoms with Gasteiger partial charge in [-0.2, -0.15) is 5.26 Å². The van der Waals surface area contributed by atoms with E-state index in [1.54, 1.807) is 0 Å². The summed E-state index contributed by atoms with van der Waals surface area (Å²) >= 11 is 0. The van der Waals surface area contributed by atoms with Gasteiger partial charge in [0.05, 0.1) is 22.7 Å². The first-order chi connectivity index (χ1) is 12.3. The van der Waals surface area contributed by atoms with Crippen LogP contribution in [0.3, 0.4) is 0 Å². The van der Waals surface area contributed by atoms with Crippen LogP contribution < -0.4 is 21.6 Å². The number of nitrogens with two attached hydrogens (primary N) is 1. The standard InChI is InChI=1S/C17H12N4O5/c18-8-14-12-5-4-11(21(25)26)7-13(12)16(22)20(15(14)19)10-3-1-2-9(6-10)17(23)24/h1-7,25-26H,19H2,(H,23,24)/p-1. The Morgan fingerprint density at radius 3 is 2.54 bits per heavy atom. The molecule has 0 unspecified atom stereocenters. The summed E-state index contributed by atoms with van der Waals surface area (Å²) in [4.78, 5) is 24.0. The van der Waals surface area contributed by atoms with Gasteiger partial charge < -0.3 is 15.6 Å². The monoisotopic (exact) mass is 351 g/mol. The molecule has 9 nitrogen and oxygen atoms in total. The number of aromatic nitrogens is 1. The molecule has 26 heavy (non-hydrogen) atoms. The topological polar surface area (TPSA) is 156 Å². The van der Waals surface area contributed by atoms with Crippen LogP contribution in [0, 0.1) is 11.3 Å². The summed E-state index contributed by atoms with van der Waals surface area (Å²) in [6.45, 7) is 0. The number of rotatable bonds is 3. The van der Waals surface area contributed by atoms with Crippen LogP contribution in [0.5, 0.6) is 0 Å². The average Bonchev–Trinajstić information content (AvgIpc) is 2.62. The first-order valence-electron chi connectivity index (χ1n) is 7.23. The predicted molar refractivity (Wildman–Crippen MR) is 89.1 cm³/mol. The first-order valence-corrected chi connectivity index (χ1v) is 7.23. The van der Waals surface area contributed by atoms with Crippen LogP contribution in [-0.4, -0.2) is 21.0 Å². The lowest BCUT2D eigenvalue weighted by Crippen LogP contribution is -2.25. The summed E-state index contributed by atoms with van der Waals surface area (Å²) in [5, 5.41) is 38.9. The molecule has 0 aliphatic carbocycles. The van der Waals surface area contributed by atoms with E-state index in [9.17, 15) is 20.0 Å². The second kappa shape index (κ2) is 6.21. The minimum Gasteiger partial charge on any atom is -0.545 e. The highest BCUT2D eigenvalue weighted by Crippen LogP contribution is 2.26. The Bertz CT molecular complexity index is 1140. The zero-order valence-electron chi connectivity index (χ0n) is 13.1. The molecule has 9 heteroatoms. The van der Waals surface area contributed by atoms with E-state index < -0.39 is 11.5 Å². The van der Waals surface area contributed by atoms with E-state index in [1.165, 1.54) is 42.5 Å². The molecule has 3 rings (SSSR count). The zero-order valence-corrected chi connectivity index (χ0v) is 13.1. The summed E-state index contributed by atoms with van der Waals surface area (Å²) in [7, 11) is 0. The van der Waals surface area contributed by atoms with E-state index in [4.69, 9.17) is 16.1 Å². The number of carboxylic acids is 1. The molecule has 0 amide bonds. The maximum Gasteiger partial charge on any atom is 0.264 e. The average molecular weight is 351 g/mol. The van der Waals surface area contributed by atoms with Crippen LogP contribution >= 0.6 is 0 Å². The highest BCUT2D eigenvalue weighted by atomic mass is 16.8. The number of nitrogens with zero attached hydrogens (tertiary/aromatic N) is 3. The largest absolute Gasteiger partial charge is 0.545 e. The second-order valence-electron chi connectivity index (χ2n) is 5.37. The molecule has 0 aliphatic rings. The Kier molecular flexibility index (Phi) is 4.05. The van der Waals surface area contributed by atoms with Gasteiger partial charge in [0.15, 0.2) is 0 Å². The predicted octanol–water partition coefficient (Wildman–Crippen LogP) is 0.393. The zero-order chi connectivity index (χ0) is 19.0. The Morgan fingerprint density at radius 1 is 1.19 bits per heavy atom. The quantitative estimate of drug-likeness (QED) is 0.572. The molecule has 0 radical (unpaired) electrons. The third-order valence-corrected chi connectivity index (χ3v) is 3.89. The number of hydrogen-bond acceptors (Lipinski definition) is 8. The lowest BCUT2D eigenvalue weighted by atomic mass is 10.1. The van der Waals surface area contributed by atoms with Gasteiger partial charge in [0.2, 0.25) is 0 Å². The van der Waals surface area contributed by atoms with Crippen molar-refractivity contribution in [3.05, 3.63) is 63.9 Å². The fraction of sp³-hybridized carbons (Fsp3) is 0. The molecule has 0 saturated carbocycles. The van der Waals surface area contributed by atoms with E-state index in [0.717, 1.165) is 4.57 Å². The van der Waals surface area contributed by atoms with Crippen molar-refractivity contribution in [2.45, 2.75) is 0 Å². The van der Waals surface area contributed by atoms with Crippen molar-refractivity contribution in [1.29, 1.82) is 5.26 Å². The minimum atomic E-state index is -1.43. The number of carbonyl (C=O) groups is 1. The molecule has 1 aromatic heterocycles. The highest BCUT2D eigenvalue weighted by Gasteiger charge is 2.17. The van der Waals surface area contributed by atoms with Crippen molar-refractivity contribution in [1.82, 2.24) is 4.57 Å². The van der Waals surface area contributed by atoms with Crippen molar-refractivity contribution in [3.8, 4) is 11.8 Å². The van der Waals surface area contributed by atoms with Crippen LogP contribution in [-0.2, 0) is 0 Å². The number of aromatic carboxylic acids is 1. The molecular formula is C17H11N4O5-. The Balaban J connectivity index is 2.43. The highest BCUT2D eigenvalue weighted by molar-refractivity contribution is 5.93. The summed E-state index contributed by atoms with van der Waals surface area (Å²) in [6, 6.07) is 11.1. The summed E-state index contributed by atoms with van der Waals surface area (Å²) < 4.78 is 0.982. The van der Waals surface area contributed by atoms with Crippen molar-refractivity contribution >= 4 is 28.2 Å². The van der Waals surface area contributed by atoms with Gasteiger partial charge in [-0.25, -0.2) is 0 Å². The second-order valence-corrected chi connectivity index (χ2v) is 5.37. The molecule has 1 heterocycles. The van der Waals surface area contributed by atoms with E-state index in [0.29, 0.717) is 0 Å². The molecule has 4 N–H and O–H groups in total. The number of hydrogen-bond donors (Lipinski definition) is 3. The minimum absolute atomic E-state index is 0.000188. The fourth-order valence-electron chi connectivity index (χ4n) is 2.68. The summed E-state index contributed by atoms with van der Waals surface area (Å²) in [6.07, 6.45) is 0. The normalized spacial score (nSPS) is 10.5. The van der Waals surface area contributed by atoms with Crippen molar-refractivity contribution in [3.63, 3.8) is 0 Å².